The molecule has 0 heterocycles. The van der Waals surface area contributed by atoms with Crippen LogP contribution in [-0.4, -0.2) is 37.2 Å². The number of carbonyl (C=O) groups excluding carboxylic acids is 3. The normalized spacial score (nSPS) is 12.5. The van der Waals surface area contributed by atoms with E-state index in [1.165, 1.54) is 135 Å². The number of ether oxygens (including phenoxy) is 3. The SMILES string of the molecule is CCCCC/C=C\C/C=C\C/C=C\C/C=C\CCCC(=O)OC[C@H](COC(=O)CCCCCCC/C=C\CCCCCCCC)OC(=O)CCCCCCCCCCCCC. The Kier molecular flexibility index (Phi) is 47.4. The van der Waals surface area contributed by atoms with Gasteiger partial charge < -0.3 is 14.2 Å². The van der Waals surface area contributed by atoms with E-state index in [-0.39, 0.29) is 37.5 Å². The van der Waals surface area contributed by atoms with Crippen molar-refractivity contribution in [3.63, 3.8) is 0 Å². The third-order valence-corrected chi connectivity index (χ3v) is 11.0. The average Bonchev–Trinajstić information content (AvgIpc) is 3.26. The molecule has 0 bridgehead atoms. The Balaban J connectivity index is 4.44. The molecule has 6 heteroatoms. The molecule has 0 aliphatic heterocycles. The molecule has 0 N–H and O–H groups in total. The van der Waals surface area contributed by atoms with Crippen LogP contribution >= 0.6 is 0 Å². The van der Waals surface area contributed by atoms with Crippen LogP contribution in [0.5, 0.6) is 0 Å². The van der Waals surface area contributed by atoms with Crippen molar-refractivity contribution >= 4 is 17.9 Å². The molecule has 1 atom stereocenters. The van der Waals surface area contributed by atoms with Crippen LogP contribution in [0.25, 0.3) is 0 Å². The second-order valence-corrected chi connectivity index (χ2v) is 17.1. The van der Waals surface area contributed by atoms with Gasteiger partial charge >= 0.3 is 17.9 Å². The number of carbonyl (C=O) groups is 3. The highest BCUT2D eigenvalue weighted by molar-refractivity contribution is 5.71. The third kappa shape index (κ3) is 48.0. The lowest BCUT2D eigenvalue weighted by molar-refractivity contribution is -0.167. The van der Waals surface area contributed by atoms with Crippen LogP contribution in [0.1, 0.15) is 252 Å². The summed E-state index contributed by atoms with van der Waals surface area (Å²) in [7, 11) is 0. The van der Waals surface area contributed by atoms with E-state index in [1.807, 2.05) is 0 Å². The molecular weight excluding hydrogens is 757 g/mol. The van der Waals surface area contributed by atoms with Crippen LogP contribution in [0.15, 0.2) is 60.8 Å². The van der Waals surface area contributed by atoms with Crippen LogP contribution in [-0.2, 0) is 28.6 Å². The van der Waals surface area contributed by atoms with E-state index in [9.17, 15) is 14.4 Å². The molecule has 0 aliphatic rings. The molecule has 0 aliphatic carbocycles. The number of unbranched alkanes of at least 4 members (excludes halogenated alkanes) is 25. The Morgan fingerprint density at radius 1 is 0.328 bits per heavy atom. The largest absolute Gasteiger partial charge is 0.462 e. The first kappa shape index (κ1) is 58.1. The Bertz CT molecular complexity index is 1120. The summed E-state index contributed by atoms with van der Waals surface area (Å²) in [6.45, 7) is 6.55. The fraction of sp³-hybridized carbons (Fsp3) is 0.764. The quantitative estimate of drug-likeness (QED) is 0.0263. The zero-order valence-corrected chi connectivity index (χ0v) is 40.2. The monoisotopic (exact) mass is 853 g/mol. The molecule has 0 spiro atoms. The summed E-state index contributed by atoms with van der Waals surface area (Å²) in [4.78, 5) is 37.9. The maximum atomic E-state index is 12.8. The van der Waals surface area contributed by atoms with E-state index in [0.717, 1.165) is 70.6 Å². The molecular formula is C55H96O6. The first-order valence-corrected chi connectivity index (χ1v) is 25.8. The number of hydrogen-bond acceptors (Lipinski definition) is 6. The molecule has 0 saturated heterocycles. The fourth-order valence-electron chi connectivity index (χ4n) is 7.08. The van der Waals surface area contributed by atoms with Crippen LogP contribution in [0.3, 0.4) is 0 Å². The number of esters is 3. The Labute approximate surface area is 377 Å². The van der Waals surface area contributed by atoms with Gasteiger partial charge in [-0.1, -0.05) is 210 Å². The zero-order valence-electron chi connectivity index (χ0n) is 40.2. The summed E-state index contributed by atoms with van der Waals surface area (Å²) in [6.07, 6.45) is 60.6. The molecule has 61 heavy (non-hydrogen) atoms. The molecule has 0 amide bonds. The second kappa shape index (κ2) is 49.8. The van der Waals surface area contributed by atoms with Gasteiger partial charge in [0.1, 0.15) is 13.2 Å². The third-order valence-electron chi connectivity index (χ3n) is 11.0. The van der Waals surface area contributed by atoms with E-state index >= 15 is 0 Å². The van der Waals surface area contributed by atoms with Gasteiger partial charge in [0.05, 0.1) is 0 Å². The van der Waals surface area contributed by atoms with Gasteiger partial charge in [-0.3, -0.25) is 14.4 Å². The highest BCUT2D eigenvalue weighted by atomic mass is 16.6. The Hall–Kier alpha value is -2.89. The number of rotatable bonds is 46. The molecule has 0 aromatic rings. The van der Waals surface area contributed by atoms with Crippen molar-refractivity contribution < 1.29 is 28.6 Å². The summed E-state index contributed by atoms with van der Waals surface area (Å²) < 4.78 is 16.7. The highest BCUT2D eigenvalue weighted by Crippen LogP contribution is 2.14. The van der Waals surface area contributed by atoms with Crippen molar-refractivity contribution in [3.05, 3.63) is 60.8 Å². The minimum atomic E-state index is -0.796. The molecule has 0 aromatic heterocycles. The molecule has 0 fully saturated rings. The Morgan fingerprint density at radius 3 is 1.03 bits per heavy atom. The molecule has 0 aromatic carbocycles. The summed E-state index contributed by atoms with van der Waals surface area (Å²) in [6, 6.07) is 0. The van der Waals surface area contributed by atoms with Crippen LogP contribution < -0.4 is 0 Å². The summed E-state index contributed by atoms with van der Waals surface area (Å²) in [5.41, 5.74) is 0. The summed E-state index contributed by atoms with van der Waals surface area (Å²) in [5, 5.41) is 0. The topological polar surface area (TPSA) is 78.9 Å². The first-order valence-electron chi connectivity index (χ1n) is 25.8. The van der Waals surface area contributed by atoms with Crippen LogP contribution in [0.2, 0.25) is 0 Å². The fourth-order valence-corrected chi connectivity index (χ4v) is 7.08. The molecule has 352 valence electrons. The van der Waals surface area contributed by atoms with Crippen molar-refractivity contribution in [1.82, 2.24) is 0 Å². The molecule has 0 rings (SSSR count). The van der Waals surface area contributed by atoms with E-state index in [4.69, 9.17) is 14.2 Å². The standard InChI is InChI=1S/C55H96O6/c1-4-7-10-13-16-19-22-24-26-27-29-31-34-36-39-42-45-48-54(57)60-51-52(61-55(58)49-46-43-40-37-32-21-18-15-12-9-6-3)50-59-53(56)47-44-41-38-35-33-30-28-25-23-20-17-14-11-8-5-2/h16,19,24-26,28-29,31,36,39,52H,4-15,17-18,20-23,27,30,32-35,37-38,40-51H2,1-3H3/b19-16-,26-24-,28-25-,31-29-,39-36-/t52-/m0/s1. The smallest absolute Gasteiger partial charge is 0.306 e. The maximum Gasteiger partial charge on any atom is 0.306 e. The van der Waals surface area contributed by atoms with Gasteiger partial charge in [-0.25, -0.2) is 0 Å². The lowest BCUT2D eigenvalue weighted by atomic mass is 10.1. The highest BCUT2D eigenvalue weighted by Gasteiger charge is 2.19. The van der Waals surface area contributed by atoms with Gasteiger partial charge in [0.15, 0.2) is 6.10 Å². The van der Waals surface area contributed by atoms with Crippen LogP contribution in [0.4, 0.5) is 0 Å². The predicted octanol–water partition coefficient (Wildman–Crippen LogP) is 16.9. The predicted molar refractivity (Wildman–Crippen MR) is 261 cm³/mol. The second-order valence-electron chi connectivity index (χ2n) is 17.1. The van der Waals surface area contributed by atoms with Gasteiger partial charge in [0.25, 0.3) is 0 Å². The lowest BCUT2D eigenvalue weighted by Gasteiger charge is -2.18. The first-order chi connectivity index (χ1) is 30.0. The maximum absolute atomic E-state index is 12.8. The van der Waals surface area contributed by atoms with Gasteiger partial charge in [-0.05, 0) is 83.5 Å². The number of hydrogen-bond donors (Lipinski definition) is 0. The van der Waals surface area contributed by atoms with Crippen LogP contribution in [0, 0.1) is 0 Å². The van der Waals surface area contributed by atoms with Crippen molar-refractivity contribution in [3.8, 4) is 0 Å². The Morgan fingerprint density at radius 2 is 0.607 bits per heavy atom. The minimum absolute atomic E-state index is 0.0938. The molecule has 0 radical (unpaired) electrons. The van der Waals surface area contributed by atoms with Crippen molar-refractivity contribution in [1.29, 1.82) is 0 Å². The van der Waals surface area contributed by atoms with Crippen molar-refractivity contribution in [2.24, 2.45) is 0 Å². The molecule has 0 saturated carbocycles. The summed E-state index contributed by atoms with van der Waals surface area (Å²) >= 11 is 0. The van der Waals surface area contributed by atoms with E-state index in [0.29, 0.717) is 19.3 Å². The number of allylic oxidation sites excluding steroid dienone is 10. The molecule has 6 nitrogen and oxygen atoms in total. The average molecular weight is 853 g/mol. The minimum Gasteiger partial charge on any atom is -0.462 e. The van der Waals surface area contributed by atoms with Gasteiger partial charge in [0.2, 0.25) is 0 Å². The van der Waals surface area contributed by atoms with Crippen molar-refractivity contribution in [2.75, 3.05) is 13.2 Å². The van der Waals surface area contributed by atoms with E-state index in [2.05, 4.69) is 81.5 Å². The van der Waals surface area contributed by atoms with Gasteiger partial charge in [0, 0.05) is 19.3 Å². The summed E-state index contributed by atoms with van der Waals surface area (Å²) in [5.74, 6) is -0.956. The zero-order chi connectivity index (χ0) is 44.4. The van der Waals surface area contributed by atoms with Crippen molar-refractivity contribution in [2.45, 2.75) is 258 Å². The van der Waals surface area contributed by atoms with E-state index in [1.54, 1.807) is 0 Å². The van der Waals surface area contributed by atoms with Gasteiger partial charge in [-0.15, -0.1) is 0 Å². The lowest BCUT2D eigenvalue weighted by Crippen LogP contribution is -2.30. The molecule has 0 unspecified atom stereocenters. The van der Waals surface area contributed by atoms with Gasteiger partial charge in [-0.2, -0.15) is 0 Å². The van der Waals surface area contributed by atoms with E-state index < -0.39 is 6.10 Å².